The molecule has 3 aromatic carbocycles. The monoisotopic (exact) mass is 638 g/mol. The Bertz CT molecular complexity index is 1430. The summed E-state index contributed by atoms with van der Waals surface area (Å²) in [6.07, 6.45) is 0.689. The maximum absolute atomic E-state index is 14.1. The molecule has 0 aliphatic heterocycles. The quantitative estimate of drug-likeness (QED) is 0.202. The van der Waals surface area contributed by atoms with Crippen molar-refractivity contribution in [1.29, 1.82) is 0 Å². The first-order chi connectivity index (χ1) is 21.5. The summed E-state index contributed by atoms with van der Waals surface area (Å²) in [5, 5.41) is 10.3. The molecule has 0 unspecified atom stereocenters. The minimum Gasteiger partial charge on any atom is -0.452 e. The normalized spacial score (nSPS) is 13.9. The highest BCUT2D eigenvalue weighted by atomic mass is 32.2. The Morgan fingerprint density at radius 1 is 0.867 bits per heavy atom. The third-order valence-corrected chi connectivity index (χ3v) is 10.2. The number of rotatable bonds is 15. The number of aliphatic hydroxyl groups excluding tert-OH is 1. The predicted octanol–water partition coefficient (Wildman–Crippen LogP) is 4.73. The summed E-state index contributed by atoms with van der Waals surface area (Å²) >= 11 is 0. The molecular weight excluding hydrogens is 592 g/mol. The van der Waals surface area contributed by atoms with Crippen LogP contribution in [0.3, 0.4) is 0 Å². The van der Waals surface area contributed by atoms with Gasteiger partial charge >= 0.3 is 6.09 Å². The summed E-state index contributed by atoms with van der Waals surface area (Å²) in [5.41, 5.74) is 14.6. The number of methoxy groups -OCH3 is 1. The molecule has 0 radical (unpaired) electrons. The molecule has 0 aliphatic carbocycles. The maximum atomic E-state index is 14.1. The van der Waals surface area contributed by atoms with Crippen LogP contribution in [0.25, 0.3) is 0 Å². The maximum Gasteiger partial charge on any atom is 0.416 e. The lowest BCUT2D eigenvalue weighted by Gasteiger charge is -2.35. The Labute approximate surface area is 267 Å². The van der Waals surface area contributed by atoms with Crippen molar-refractivity contribution in [3.05, 3.63) is 96.1 Å². The van der Waals surface area contributed by atoms with Crippen LogP contribution in [0.1, 0.15) is 63.5 Å². The number of anilines is 1. The highest BCUT2D eigenvalue weighted by Gasteiger charge is 2.38. The molecule has 3 rings (SSSR count). The molecule has 0 saturated carbocycles. The zero-order valence-corrected chi connectivity index (χ0v) is 27.3. The Hall–Kier alpha value is -3.77. The van der Waals surface area contributed by atoms with Gasteiger partial charge in [0, 0.05) is 29.7 Å². The van der Waals surface area contributed by atoms with Crippen molar-refractivity contribution in [3.63, 3.8) is 0 Å². The fourth-order valence-corrected chi connectivity index (χ4v) is 7.65. The molecule has 0 saturated heterocycles. The number of carbonyl (C=O) groups is 2. The molecule has 5 N–H and O–H groups in total. The summed E-state index contributed by atoms with van der Waals surface area (Å²) in [4.78, 5) is 28.3. The van der Waals surface area contributed by atoms with Crippen LogP contribution in [0.15, 0.2) is 89.8 Å². The number of nitrogens with two attached hydrogens (primary N) is 2. The zero-order chi connectivity index (χ0) is 33.1. The Kier molecular flexibility index (Phi) is 13.1. The number of imide groups is 1. The first-order valence-electron chi connectivity index (χ1n) is 15.2. The number of nitrogens with zero attached hydrogens (tertiary/aromatic N) is 2. The van der Waals surface area contributed by atoms with E-state index in [4.69, 9.17) is 16.2 Å². The first kappa shape index (κ1) is 35.7. The van der Waals surface area contributed by atoms with Crippen molar-refractivity contribution in [2.24, 2.45) is 5.73 Å². The lowest BCUT2D eigenvalue weighted by Crippen LogP contribution is -2.53. The number of aliphatic hydroxyl groups is 1. The molecular formula is C34H46N4O6S. The highest BCUT2D eigenvalue weighted by molar-refractivity contribution is 7.89. The Morgan fingerprint density at radius 3 is 1.82 bits per heavy atom. The topological polar surface area (TPSA) is 156 Å². The van der Waals surface area contributed by atoms with Gasteiger partial charge in [-0.1, -0.05) is 67.6 Å². The third kappa shape index (κ3) is 8.70. The number of amides is 2. The van der Waals surface area contributed by atoms with Crippen molar-refractivity contribution >= 4 is 27.7 Å². The summed E-state index contributed by atoms with van der Waals surface area (Å²) in [6.45, 7) is 4.97. The summed E-state index contributed by atoms with van der Waals surface area (Å²) in [7, 11) is -2.72. The predicted molar refractivity (Wildman–Crippen MR) is 176 cm³/mol. The molecule has 11 heteroatoms. The van der Waals surface area contributed by atoms with E-state index < -0.39 is 58.7 Å². The first-order valence-corrected chi connectivity index (χ1v) is 16.7. The fourth-order valence-electron chi connectivity index (χ4n) is 5.81. The van der Waals surface area contributed by atoms with Gasteiger partial charge in [0.05, 0.1) is 24.7 Å². The Balaban J connectivity index is 1.84. The van der Waals surface area contributed by atoms with E-state index in [0.717, 1.165) is 16.0 Å². The second kappa shape index (κ2) is 16.5. The van der Waals surface area contributed by atoms with Crippen LogP contribution in [0.2, 0.25) is 0 Å². The van der Waals surface area contributed by atoms with Crippen molar-refractivity contribution in [2.75, 3.05) is 19.5 Å². The van der Waals surface area contributed by atoms with Crippen molar-refractivity contribution in [2.45, 2.75) is 81.4 Å². The van der Waals surface area contributed by atoms with Gasteiger partial charge in [0.1, 0.15) is 0 Å². The van der Waals surface area contributed by atoms with E-state index in [-0.39, 0.29) is 4.90 Å². The van der Waals surface area contributed by atoms with Gasteiger partial charge in [-0.15, -0.1) is 0 Å². The number of hydrogen-bond acceptors (Lipinski definition) is 8. The average Bonchev–Trinajstić information content (AvgIpc) is 3.04. The standard InChI is InChI=1S/C34H46N4O6S/c1-5-28(17-12-18-29(23-39)38(24(2)3)45(42,43)30-21-19-27(35)20-22-30)37(34(41)44-4)33(40)32(36)31(25-13-8-6-9-14-25)26-15-10-7-11-16-26/h6-11,13-16,19-22,24,28-29,31-32,39H,5,12,17-18,23,35-36H2,1-4H3/t28-,29-,32-/m0/s1. The van der Waals surface area contributed by atoms with Gasteiger partial charge in [-0.3, -0.25) is 4.79 Å². The SMILES string of the molecule is CC[C@@H](CCC[C@@H](CO)N(C(C)C)S(=O)(=O)c1ccc(N)cc1)N(C(=O)OC)C(=O)[C@@H](N)C(c1ccccc1)c1ccccc1. The summed E-state index contributed by atoms with van der Waals surface area (Å²) in [5.74, 6) is -1.08. The smallest absolute Gasteiger partial charge is 0.416 e. The molecule has 45 heavy (non-hydrogen) atoms. The van der Waals surface area contributed by atoms with Crippen LogP contribution in [-0.2, 0) is 19.6 Å². The van der Waals surface area contributed by atoms with Gasteiger partial charge in [-0.05, 0) is 74.9 Å². The lowest BCUT2D eigenvalue weighted by molar-refractivity contribution is -0.133. The zero-order valence-electron chi connectivity index (χ0n) is 26.5. The molecule has 3 atom stereocenters. The van der Waals surface area contributed by atoms with Gasteiger partial charge in [-0.25, -0.2) is 18.1 Å². The molecule has 2 amide bonds. The number of carbonyl (C=O) groups excluding carboxylic acids is 2. The van der Waals surface area contributed by atoms with Gasteiger partial charge in [0.2, 0.25) is 15.9 Å². The van der Waals surface area contributed by atoms with Crippen LogP contribution in [0.4, 0.5) is 10.5 Å². The third-order valence-electron chi connectivity index (χ3n) is 8.02. The van der Waals surface area contributed by atoms with E-state index in [1.807, 2.05) is 67.6 Å². The number of hydrogen-bond donors (Lipinski definition) is 3. The summed E-state index contributed by atoms with van der Waals surface area (Å²) in [6, 6.07) is 22.0. The second-order valence-corrected chi connectivity index (χ2v) is 13.2. The largest absolute Gasteiger partial charge is 0.452 e. The van der Waals surface area contributed by atoms with Crippen LogP contribution >= 0.6 is 0 Å². The molecule has 3 aromatic rings. The highest BCUT2D eigenvalue weighted by Crippen LogP contribution is 2.30. The van der Waals surface area contributed by atoms with Crippen LogP contribution in [0.5, 0.6) is 0 Å². The van der Waals surface area contributed by atoms with E-state index in [9.17, 15) is 23.1 Å². The fraction of sp³-hybridized carbons (Fsp3) is 0.412. The molecule has 244 valence electrons. The minimum atomic E-state index is -3.94. The molecule has 0 aliphatic rings. The molecule has 0 heterocycles. The van der Waals surface area contributed by atoms with Crippen molar-refractivity contribution < 1.29 is 27.9 Å². The van der Waals surface area contributed by atoms with E-state index >= 15 is 0 Å². The van der Waals surface area contributed by atoms with Gasteiger partial charge in [0.15, 0.2) is 0 Å². The van der Waals surface area contributed by atoms with E-state index in [2.05, 4.69) is 0 Å². The van der Waals surface area contributed by atoms with E-state index in [1.54, 1.807) is 13.8 Å². The number of benzene rings is 3. The van der Waals surface area contributed by atoms with Crippen LogP contribution in [-0.4, -0.2) is 72.6 Å². The van der Waals surface area contributed by atoms with E-state index in [1.165, 1.54) is 35.7 Å². The van der Waals surface area contributed by atoms with Gasteiger partial charge in [0.25, 0.3) is 0 Å². The number of sulfonamides is 1. The second-order valence-electron chi connectivity index (χ2n) is 11.3. The molecule has 0 spiro atoms. The van der Waals surface area contributed by atoms with Crippen molar-refractivity contribution in [3.8, 4) is 0 Å². The average molecular weight is 639 g/mol. The molecule has 10 nitrogen and oxygen atoms in total. The number of ether oxygens (including phenoxy) is 1. The molecule has 0 aromatic heterocycles. The summed E-state index contributed by atoms with van der Waals surface area (Å²) < 4.78 is 33.5. The van der Waals surface area contributed by atoms with E-state index in [0.29, 0.717) is 31.4 Å². The lowest BCUT2D eigenvalue weighted by atomic mass is 9.84. The van der Waals surface area contributed by atoms with Gasteiger partial charge < -0.3 is 21.3 Å². The Morgan fingerprint density at radius 2 is 1.38 bits per heavy atom. The van der Waals surface area contributed by atoms with Crippen LogP contribution in [0, 0.1) is 0 Å². The van der Waals surface area contributed by atoms with Crippen LogP contribution < -0.4 is 11.5 Å². The minimum absolute atomic E-state index is 0.0816. The molecule has 0 bridgehead atoms. The van der Waals surface area contributed by atoms with Gasteiger partial charge in [-0.2, -0.15) is 4.31 Å². The molecule has 0 fully saturated rings. The van der Waals surface area contributed by atoms with Crippen molar-refractivity contribution in [1.82, 2.24) is 9.21 Å². The number of nitrogen functional groups attached to an aromatic ring is 1.